The van der Waals surface area contributed by atoms with Crippen LogP contribution >= 0.6 is 34.4 Å². The van der Waals surface area contributed by atoms with E-state index in [1.807, 2.05) is 59.8 Å². The first-order valence-corrected chi connectivity index (χ1v) is 15.3. The number of piperidine rings is 1. The summed E-state index contributed by atoms with van der Waals surface area (Å²) in [4.78, 5) is 29.8. The highest BCUT2D eigenvalue weighted by Crippen LogP contribution is 2.40. The van der Waals surface area contributed by atoms with E-state index in [0.29, 0.717) is 17.5 Å². The van der Waals surface area contributed by atoms with Gasteiger partial charge in [0.15, 0.2) is 16.7 Å². The van der Waals surface area contributed by atoms with E-state index in [2.05, 4.69) is 28.0 Å². The van der Waals surface area contributed by atoms with Crippen LogP contribution in [0.2, 0.25) is 0 Å². The molecule has 0 spiro atoms. The molecule has 0 atom stereocenters. The van der Waals surface area contributed by atoms with E-state index in [1.165, 1.54) is 5.56 Å². The van der Waals surface area contributed by atoms with Crippen LogP contribution < -0.4 is 10.1 Å². The van der Waals surface area contributed by atoms with Crippen LogP contribution in [0.25, 0.3) is 10.2 Å². The van der Waals surface area contributed by atoms with Crippen molar-refractivity contribution in [1.29, 1.82) is 0 Å². The van der Waals surface area contributed by atoms with Gasteiger partial charge in [-0.3, -0.25) is 9.78 Å². The average molecular weight is 574 g/mol. The molecule has 1 aliphatic heterocycles. The van der Waals surface area contributed by atoms with Crippen LogP contribution in [0.15, 0.2) is 75.4 Å². The fraction of sp³-hybridized carbons (Fsp3) is 0.241. The number of aromatic nitrogens is 3. The van der Waals surface area contributed by atoms with E-state index in [0.717, 1.165) is 62.5 Å². The van der Waals surface area contributed by atoms with Crippen molar-refractivity contribution in [3.05, 3.63) is 76.9 Å². The lowest BCUT2D eigenvalue weighted by atomic mass is 9.94. The second-order valence-corrected chi connectivity index (χ2v) is 12.4. The van der Waals surface area contributed by atoms with E-state index in [1.54, 1.807) is 41.4 Å². The molecule has 0 unspecified atom stereocenters. The first kappa shape index (κ1) is 25.8. The molecule has 10 heteroatoms. The van der Waals surface area contributed by atoms with Crippen molar-refractivity contribution in [2.45, 2.75) is 42.4 Å². The first-order valence-electron chi connectivity index (χ1n) is 12.7. The molecule has 39 heavy (non-hydrogen) atoms. The second kappa shape index (κ2) is 11.3. The summed E-state index contributed by atoms with van der Waals surface area (Å²) >= 11 is 4.90. The highest BCUT2D eigenvalue weighted by Gasteiger charge is 2.24. The number of aryl methyl sites for hydroxylation is 1. The molecule has 7 nitrogen and oxygen atoms in total. The summed E-state index contributed by atoms with van der Waals surface area (Å²) in [6.07, 6.45) is 5.57. The van der Waals surface area contributed by atoms with Gasteiger partial charge in [-0.15, -0.1) is 22.7 Å². The number of amides is 1. The fourth-order valence-electron chi connectivity index (χ4n) is 4.57. The van der Waals surface area contributed by atoms with Gasteiger partial charge in [-0.25, -0.2) is 9.97 Å². The Morgan fingerprint density at radius 2 is 1.92 bits per heavy atom. The van der Waals surface area contributed by atoms with Crippen molar-refractivity contribution in [3.8, 4) is 11.5 Å². The third kappa shape index (κ3) is 5.93. The summed E-state index contributed by atoms with van der Waals surface area (Å²) in [5.41, 5.74) is 3.24. The zero-order chi connectivity index (χ0) is 26.8. The molecule has 198 valence electrons. The molecule has 0 saturated carbocycles. The smallest absolute Gasteiger partial charge is 0.219 e. The largest absolute Gasteiger partial charge is 0.453 e. The summed E-state index contributed by atoms with van der Waals surface area (Å²) in [5.74, 6) is 2.49. The minimum atomic E-state index is 0.145. The molecular formula is C29H27N5O2S3. The van der Waals surface area contributed by atoms with Crippen molar-refractivity contribution >= 4 is 61.5 Å². The van der Waals surface area contributed by atoms with Crippen LogP contribution in [0.5, 0.6) is 11.5 Å². The second-order valence-electron chi connectivity index (χ2n) is 9.46. The van der Waals surface area contributed by atoms with Gasteiger partial charge in [0.05, 0.1) is 15.9 Å². The Bertz CT molecular complexity index is 1610. The highest BCUT2D eigenvalue weighted by atomic mass is 32.2. The lowest BCUT2D eigenvalue weighted by Crippen LogP contribution is -2.36. The molecular weight excluding hydrogens is 547 g/mol. The number of carbonyl (C=O) groups is 1. The Morgan fingerprint density at radius 1 is 1.10 bits per heavy atom. The Kier molecular flexibility index (Phi) is 7.49. The number of pyridine rings is 2. The molecule has 1 aromatic carbocycles. The Labute approximate surface area is 239 Å². The zero-order valence-corrected chi connectivity index (χ0v) is 24.0. The molecule has 1 amide bonds. The van der Waals surface area contributed by atoms with Crippen molar-refractivity contribution < 1.29 is 9.53 Å². The van der Waals surface area contributed by atoms with E-state index in [-0.39, 0.29) is 5.91 Å². The number of rotatable bonds is 7. The number of anilines is 2. The number of fused-ring (bicyclic) bond motifs is 1. The van der Waals surface area contributed by atoms with Crippen LogP contribution in [-0.2, 0) is 4.79 Å². The van der Waals surface area contributed by atoms with Gasteiger partial charge in [-0.05, 0) is 49.4 Å². The molecule has 5 aromatic rings. The predicted molar refractivity (Wildman–Crippen MR) is 159 cm³/mol. The third-order valence-corrected chi connectivity index (χ3v) is 9.58. The molecule has 5 heterocycles. The number of hydrogen-bond donors (Lipinski definition) is 1. The highest BCUT2D eigenvalue weighted by molar-refractivity contribution is 7.99. The van der Waals surface area contributed by atoms with E-state index < -0.39 is 0 Å². The number of ether oxygens (including phenoxy) is 1. The van der Waals surface area contributed by atoms with Crippen LogP contribution in [-0.4, -0.2) is 38.8 Å². The van der Waals surface area contributed by atoms with Gasteiger partial charge < -0.3 is 15.0 Å². The van der Waals surface area contributed by atoms with Crippen LogP contribution in [0.1, 0.15) is 36.9 Å². The Morgan fingerprint density at radius 3 is 2.72 bits per heavy atom. The SMILES string of the molecule is CC(=O)N1CCC(c2csc(Nc3ncc(Sc4ccnc5ccsc45)cc3Oc3ccc(C)cc3)n2)CC1. The minimum Gasteiger partial charge on any atom is -0.453 e. The minimum absolute atomic E-state index is 0.145. The van der Waals surface area contributed by atoms with Gasteiger partial charge in [0, 0.05) is 59.6 Å². The van der Waals surface area contributed by atoms with Gasteiger partial charge in [-0.2, -0.15) is 0 Å². The van der Waals surface area contributed by atoms with Crippen LogP contribution in [0, 0.1) is 6.92 Å². The molecule has 0 bridgehead atoms. The first-order chi connectivity index (χ1) is 19.0. The van der Waals surface area contributed by atoms with E-state index >= 15 is 0 Å². The van der Waals surface area contributed by atoms with Gasteiger partial charge in [0.1, 0.15) is 5.75 Å². The number of thiazole rings is 1. The quantitative estimate of drug-likeness (QED) is 0.212. The predicted octanol–water partition coefficient (Wildman–Crippen LogP) is 7.87. The molecule has 1 saturated heterocycles. The van der Waals surface area contributed by atoms with Gasteiger partial charge >= 0.3 is 0 Å². The maximum absolute atomic E-state index is 11.7. The summed E-state index contributed by atoms with van der Waals surface area (Å²) in [6.45, 7) is 5.26. The standard InChI is InChI=1S/C29H27N5O2S3/c1-18-3-5-21(6-4-18)36-25-15-22(39-26-7-11-30-23-10-14-37-27(23)26)16-31-28(25)33-29-32-24(17-38-29)20-8-12-34(13-9-20)19(2)35/h3-7,10-11,14-17,20H,8-9,12-13H2,1-2H3,(H,31,32,33). The normalized spacial score (nSPS) is 14.1. The molecule has 0 aliphatic carbocycles. The number of benzene rings is 1. The maximum Gasteiger partial charge on any atom is 0.219 e. The topological polar surface area (TPSA) is 80.2 Å². The Balaban J connectivity index is 1.25. The Hall–Kier alpha value is -3.47. The van der Waals surface area contributed by atoms with Gasteiger partial charge in [0.25, 0.3) is 0 Å². The number of hydrogen-bond acceptors (Lipinski definition) is 9. The van der Waals surface area contributed by atoms with Crippen molar-refractivity contribution in [2.24, 2.45) is 0 Å². The molecule has 1 N–H and O–H groups in total. The molecule has 0 radical (unpaired) electrons. The number of nitrogens with zero attached hydrogens (tertiary/aromatic N) is 4. The monoisotopic (exact) mass is 573 g/mol. The molecule has 4 aromatic heterocycles. The average Bonchev–Trinajstić information content (AvgIpc) is 3.62. The maximum atomic E-state index is 11.7. The lowest BCUT2D eigenvalue weighted by molar-refractivity contribution is -0.129. The lowest BCUT2D eigenvalue weighted by Gasteiger charge is -2.30. The number of nitrogens with one attached hydrogen (secondary N) is 1. The number of thiophene rings is 1. The van der Waals surface area contributed by atoms with Crippen molar-refractivity contribution in [3.63, 3.8) is 0 Å². The number of carbonyl (C=O) groups excluding carboxylic acids is 1. The van der Waals surface area contributed by atoms with E-state index in [4.69, 9.17) is 14.7 Å². The number of likely N-dealkylation sites (tertiary alicyclic amines) is 1. The molecule has 1 aliphatic rings. The van der Waals surface area contributed by atoms with E-state index in [9.17, 15) is 4.79 Å². The summed E-state index contributed by atoms with van der Waals surface area (Å²) < 4.78 is 7.50. The third-order valence-electron chi connectivity index (χ3n) is 6.72. The van der Waals surface area contributed by atoms with Crippen LogP contribution in [0.3, 0.4) is 0 Å². The molecule has 1 fully saturated rings. The van der Waals surface area contributed by atoms with Crippen molar-refractivity contribution in [2.75, 3.05) is 18.4 Å². The van der Waals surface area contributed by atoms with Gasteiger partial charge in [-0.1, -0.05) is 29.5 Å². The summed E-state index contributed by atoms with van der Waals surface area (Å²) in [5, 5.41) is 8.34. The molecule has 6 rings (SSSR count). The zero-order valence-electron chi connectivity index (χ0n) is 21.6. The van der Waals surface area contributed by atoms with Crippen molar-refractivity contribution in [1.82, 2.24) is 19.9 Å². The summed E-state index contributed by atoms with van der Waals surface area (Å²) in [6, 6.07) is 14.1. The van der Waals surface area contributed by atoms with Gasteiger partial charge in [0.2, 0.25) is 5.91 Å². The summed E-state index contributed by atoms with van der Waals surface area (Å²) in [7, 11) is 0. The van der Waals surface area contributed by atoms with Crippen LogP contribution in [0.4, 0.5) is 10.9 Å². The fourth-order valence-corrected chi connectivity index (χ4v) is 7.24.